The van der Waals surface area contributed by atoms with Crippen molar-refractivity contribution in [1.82, 2.24) is 10.3 Å². The predicted octanol–water partition coefficient (Wildman–Crippen LogP) is 5.30. The number of anilines is 2. The van der Waals surface area contributed by atoms with Gasteiger partial charge in [-0.3, -0.25) is 14.9 Å². The summed E-state index contributed by atoms with van der Waals surface area (Å²) >= 11 is 0. The molecule has 15 nitrogen and oxygen atoms in total. The van der Waals surface area contributed by atoms with Gasteiger partial charge in [0.05, 0.1) is 44.2 Å². The number of carboxylic acids is 1. The first-order valence-electron chi connectivity index (χ1n) is 21.1. The van der Waals surface area contributed by atoms with Gasteiger partial charge in [-0.15, -0.1) is 0 Å². The number of methoxy groups -OCH3 is 1. The van der Waals surface area contributed by atoms with E-state index in [1.165, 1.54) is 12.1 Å². The average molecular weight is 902 g/mol. The number of aliphatic hydroxyl groups is 1. The number of carboxylic acid groups (broad SMARTS) is 1. The van der Waals surface area contributed by atoms with Gasteiger partial charge in [-0.1, -0.05) is 54.6 Å². The number of quaternary nitrogens is 1. The number of nitrogens with one attached hydrogen (secondary N) is 4. The quantitative estimate of drug-likeness (QED) is 0.0622. The van der Waals surface area contributed by atoms with E-state index in [-0.39, 0.29) is 54.0 Å². The molecule has 0 saturated carbocycles. The summed E-state index contributed by atoms with van der Waals surface area (Å²) in [5.74, 6) is -2.71. The van der Waals surface area contributed by atoms with Crippen molar-refractivity contribution in [2.45, 2.75) is 81.3 Å². The number of rotatable bonds is 14. The molecule has 3 aliphatic rings. The first-order chi connectivity index (χ1) is 30.9. The largest absolute Gasteiger partial charge is 0.542 e. The van der Waals surface area contributed by atoms with Gasteiger partial charge in [0.25, 0.3) is 0 Å². The van der Waals surface area contributed by atoms with Crippen LogP contribution < -0.4 is 31.4 Å². The lowest BCUT2D eigenvalue weighted by Crippen LogP contribution is -2.60. The Morgan fingerprint density at radius 2 is 1.62 bits per heavy atom. The molecule has 3 saturated heterocycles. The molecule has 6 atom stereocenters. The summed E-state index contributed by atoms with van der Waals surface area (Å²) in [6.07, 6.45) is -3.08. The van der Waals surface area contributed by atoms with Crippen LogP contribution in [0.1, 0.15) is 48.5 Å². The number of likely N-dealkylation sites (N-methyl/N-ethyl adjacent to an activating group) is 1. The lowest BCUT2D eigenvalue weighted by Gasteiger charge is -2.45. The fourth-order valence-corrected chi connectivity index (χ4v) is 8.94. The van der Waals surface area contributed by atoms with Gasteiger partial charge in [-0.05, 0) is 65.4 Å². The van der Waals surface area contributed by atoms with Crippen molar-refractivity contribution in [3.8, 4) is 22.6 Å². The number of hydrogen-bond acceptors (Lipinski definition) is 11. The predicted molar refractivity (Wildman–Crippen MR) is 232 cm³/mol. The fourth-order valence-electron chi connectivity index (χ4n) is 8.94. The number of aromatic amines is 1. The molecule has 5 aromatic rings. The number of morpholine rings is 1. The van der Waals surface area contributed by atoms with E-state index in [1.807, 2.05) is 60.7 Å². The van der Waals surface area contributed by atoms with E-state index >= 15 is 0 Å². The number of ether oxygens (including phenoxy) is 3. The zero-order valence-electron chi connectivity index (χ0n) is 35.8. The van der Waals surface area contributed by atoms with E-state index in [4.69, 9.17) is 24.1 Å². The number of aliphatic hydroxyl groups excluding tert-OH is 1. The Hall–Kier alpha value is -6.47. The van der Waals surface area contributed by atoms with Crippen LogP contribution in [0.25, 0.3) is 22.0 Å². The van der Waals surface area contributed by atoms with Crippen molar-refractivity contribution in [1.29, 1.82) is 0 Å². The van der Waals surface area contributed by atoms with Gasteiger partial charge in [0, 0.05) is 49.4 Å². The van der Waals surface area contributed by atoms with Crippen molar-refractivity contribution in [3.63, 3.8) is 0 Å². The average Bonchev–Trinajstić information content (AvgIpc) is 4.04. The van der Waals surface area contributed by atoms with Crippen LogP contribution in [-0.4, -0.2) is 102 Å². The molecule has 3 aliphatic heterocycles. The minimum atomic E-state index is -5.19. The number of piperidine rings is 1. The summed E-state index contributed by atoms with van der Waals surface area (Å²) in [7, 11) is 6.05. The van der Waals surface area contributed by atoms with Crippen LogP contribution in [-0.2, 0) is 32.0 Å². The number of phenolic OH excluding ortho intramolecular Hbond substituents is 1. The second-order valence-electron chi connectivity index (χ2n) is 16.9. The van der Waals surface area contributed by atoms with Crippen molar-refractivity contribution < 1.29 is 61.6 Å². The number of carbonyl (C=O) groups excluding carboxylic acids is 3. The minimum Gasteiger partial charge on any atom is -0.542 e. The summed E-state index contributed by atoms with van der Waals surface area (Å²) in [5.41, 5.74) is 5.47. The van der Waals surface area contributed by atoms with Crippen LogP contribution in [0, 0.1) is 0 Å². The molecule has 65 heavy (non-hydrogen) atoms. The molecule has 0 radical (unpaired) electrons. The van der Waals surface area contributed by atoms with Crippen LogP contribution in [0.3, 0.4) is 0 Å². The SMILES string of the molecule is COc1cc(CNC[C@H](O)c2ccc(O)c3[nH]c(=O)ccc23)ccc1NC(=O)CCCc1ccc(-c2ccccc2)c(NC(=O)O[C@@H]2C[C@@H]3[C@H]4O[C@H]4[C@H](C2)[N+]3(C)C)c1.O=C([O-])C(F)(F)F. The number of aliphatic carboxylic acids is 1. The number of phenols is 1. The van der Waals surface area contributed by atoms with E-state index in [2.05, 4.69) is 35.0 Å². The molecule has 18 heteroatoms. The van der Waals surface area contributed by atoms with Crippen LogP contribution in [0.15, 0.2) is 95.8 Å². The van der Waals surface area contributed by atoms with Crippen LogP contribution in [0.2, 0.25) is 0 Å². The van der Waals surface area contributed by atoms with Gasteiger partial charge in [0.15, 0.2) is 0 Å². The van der Waals surface area contributed by atoms with Crippen molar-refractivity contribution in [3.05, 3.63) is 118 Å². The van der Waals surface area contributed by atoms with Crippen molar-refractivity contribution in [2.75, 3.05) is 38.4 Å². The number of aromatic nitrogens is 1. The molecule has 6 N–H and O–H groups in total. The summed E-state index contributed by atoms with van der Waals surface area (Å²) < 4.78 is 50.0. The highest BCUT2D eigenvalue weighted by Crippen LogP contribution is 2.51. The number of carbonyl (C=O) groups is 3. The number of pyridine rings is 1. The molecule has 1 aromatic heterocycles. The molecule has 4 aromatic carbocycles. The highest BCUT2D eigenvalue weighted by atomic mass is 19.4. The molecule has 8 rings (SSSR count). The maximum Gasteiger partial charge on any atom is 0.430 e. The number of H-pyrrole nitrogens is 1. The smallest absolute Gasteiger partial charge is 0.430 e. The maximum atomic E-state index is 13.3. The fraction of sp³-hybridized carbons (Fsp3) is 0.362. The van der Waals surface area contributed by atoms with Crippen molar-refractivity contribution in [2.24, 2.45) is 0 Å². The Morgan fingerprint density at radius 1 is 0.923 bits per heavy atom. The summed E-state index contributed by atoms with van der Waals surface area (Å²) in [6.45, 7) is 0.633. The number of hydrogen-bond donors (Lipinski definition) is 6. The van der Waals surface area contributed by atoms with Crippen LogP contribution >= 0.6 is 0 Å². The minimum absolute atomic E-state index is 0.0657. The van der Waals surface area contributed by atoms with E-state index in [0.29, 0.717) is 59.5 Å². The Morgan fingerprint density at radius 3 is 2.29 bits per heavy atom. The molecule has 3 fully saturated rings. The zero-order chi connectivity index (χ0) is 46.6. The second-order valence-corrected chi connectivity index (χ2v) is 16.9. The molecule has 0 aliphatic carbocycles. The Bertz CT molecular complexity index is 2590. The zero-order valence-corrected chi connectivity index (χ0v) is 35.8. The highest BCUT2D eigenvalue weighted by molar-refractivity contribution is 5.93. The number of epoxide rings is 1. The third-order valence-electron chi connectivity index (χ3n) is 12.3. The summed E-state index contributed by atoms with van der Waals surface area (Å²) in [5, 5.41) is 39.7. The molecule has 4 heterocycles. The summed E-state index contributed by atoms with van der Waals surface area (Å²) in [6, 6.07) is 28.1. The molecular formula is C47H50F3N5O10. The number of halogens is 3. The Labute approximate surface area is 371 Å². The first kappa shape index (κ1) is 46.5. The van der Waals surface area contributed by atoms with Gasteiger partial charge in [0.1, 0.15) is 47.9 Å². The third-order valence-corrected chi connectivity index (χ3v) is 12.3. The topological polar surface area (TPSA) is 215 Å². The summed E-state index contributed by atoms with van der Waals surface area (Å²) in [4.78, 5) is 49.6. The molecule has 344 valence electrons. The van der Waals surface area contributed by atoms with Gasteiger partial charge in [-0.25, -0.2) is 4.79 Å². The third kappa shape index (κ3) is 10.9. The van der Waals surface area contributed by atoms with E-state index < -0.39 is 24.3 Å². The van der Waals surface area contributed by atoms with E-state index in [0.717, 1.165) is 39.6 Å². The standard InChI is InChI=1S/C45H49N5O8.C2HF3O2/c1-50(2)35-22-29(23-36(50)44-43(35)58-44)57-45(55)48-34-20-26(12-14-30(34)28-9-5-4-6-10-28)8-7-11-40(53)47-33-17-13-27(21-39(33)56-3)24-46-25-38(52)31-15-18-37(51)42-32(31)16-19-41(54)49-42;3-2(4,5)1(6)7/h4-6,9-10,12-21,29,35-36,38,43-44,46,52H,7-8,11,22-25H2,1-3H3,(H3-,47,48,49,51,53,54,55);(H,6,7)/t29-,35-,36+,38-,43-,44+;/m0./s1. The van der Waals surface area contributed by atoms with Gasteiger partial charge in [-0.2, -0.15) is 13.2 Å². The molecule has 0 unspecified atom stereocenters. The molecule has 2 amide bonds. The number of nitrogens with zero attached hydrogens (tertiary/aromatic N) is 1. The van der Waals surface area contributed by atoms with Gasteiger partial charge in [0.2, 0.25) is 11.5 Å². The van der Waals surface area contributed by atoms with Crippen LogP contribution in [0.5, 0.6) is 11.5 Å². The van der Waals surface area contributed by atoms with E-state index in [1.54, 1.807) is 25.3 Å². The number of benzene rings is 4. The molecular weight excluding hydrogens is 852 g/mol. The molecule has 2 bridgehead atoms. The molecule has 0 spiro atoms. The number of amides is 2. The first-order valence-corrected chi connectivity index (χ1v) is 21.1. The van der Waals surface area contributed by atoms with Crippen LogP contribution in [0.4, 0.5) is 29.3 Å². The lowest BCUT2D eigenvalue weighted by molar-refractivity contribution is -0.938. The maximum absolute atomic E-state index is 13.3. The van der Waals surface area contributed by atoms with Crippen molar-refractivity contribution >= 4 is 40.2 Å². The Kier molecular flexibility index (Phi) is 13.8. The second kappa shape index (κ2) is 19.3. The number of aromatic hydroxyl groups is 1. The Balaban J connectivity index is 0.000000833. The highest BCUT2D eigenvalue weighted by Gasteiger charge is 2.70. The van der Waals surface area contributed by atoms with Gasteiger partial charge < -0.3 is 54.4 Å². The number of alkyl halides is 3. The number of aryl methyl sites for hydroxylation is 1. The monoisotopic (exact) mass is 901 g/mol. The lowest BCUT2D eigenvalue weighted by atomic mass is 9.96. The number of fused-ring (bicyclic) bond motifs is 6. The normalized spacial score (nSPS) is 20.7. The van der Waals surface area contributed by atoms with Gasteiger partial charge >= 0.3 is 12.3 Å². The van der Waals surface area contributed by atoms with E-state index in [9.17, 15) is 37.8 Å².